The van der Waals surface area contributed by atoms with Crippen LogP contribution in [-0.2, 0) is 0 Å². The van der Waals surface area contributed by atoms with Gasteiger partial charge in [0.25, 0.3) is 0 Å². The lowest BCUT2D eigenvalue weighted by atomic mass is 10.0. The molecule has 0 radical (unpaired) electrons. The molecule has 1 unspecified atom stereocenters. The van der Waals surface area contributed by atoms with Gasteiger partial charge in [-0.25, -0.2) is 0 Å². The van der Waals surface area contributed by atoms with E-state index in [-0.39, 0.29) is 0 Å². The van der Waals surface area contributed by atoms with E-state index < -0.39 is 0 Å². The Bertz CT molecular complexity index is 250. The van der Waals surface area contributed by atoms with Gasteiger partial charge in [-0.2, -0.15) is 5.26 Å². The zero-order valence-electron chi connectivity index (χ0n) is 11.2. The number of likely N-dealkylation sites (N-methyl/N-ethyl adjacent to an activating group) is 2. The SMILES string of the molecule is CCN(CC1(CC#N)CC1)C(C)CN(C)C. The van der Waals surface area contributed by atoms with Crippen molar-refractivity contribution in [3.63, 3.8) is 0 Å². The Morgan fingerprint density at radius 1 is 1.38 bits per heavy atom. The Kier molecular flexibility index (Phi) is 4.76. The molecule has 1 rings (SSSR count). The molecule has 0 aromatic rings. The van der Waals surface area contributed by atoms with Crippen LogP contribution in [0.3, 0.4) is 0 Å². The second kappa shape index (κ2) is 5.65. The first-order valence-electron chi connectivity index (χ1n) is 6.29. The highest BCUT2D eigenvalue weighted by molar-refractivity contribution is 5.01. The van der Waals surface area contributed by atoms with Gasteiger partial charge in [-0.3, -0.25) is 4.90 Å². The Morgan fingerprint density at radius 2 is 2.00 bits per heavy atom. The van der Waals surface area contributed by atoms with Crippen molar-refractivity contribution >= 4 is 0 Å². The maximum absolute atomic E-state index is 8.83. The van der Waals surface area contributed by atoms with E-state index in [4.69, 9.17) is 5.26 Å². The number of nitrogens with zero attached hydrogens (tertiary/aromatic N) is 3. The van der Waals surface area contributed by atoms with Crippen LogP contribution in [0.4, 0.5) is 0 Å². The van der Waals surface area contributed by atoms with E-state index in [0.717, 1.165) is 26.1 Å². The summed E-state index contributed by atoms with van der Waals surface area (Å²) in [6.45, 7) is 7.78. The van der Waals surface area contributed by atoms with Gasteiger partial charge in [0.1, 0.15) is 0 Å². The molecular formula is C13H25N3. The molecule has 16 heavy (non-hydrogen) atoms. The first-order valence-corrected chi connectivity index (χ1v) is 6.29. The Hall–Kier alpha value is -0.590. The van der Waals surface area contributed by atoms with Gasteiger partial charge in [-0.1, -0.05) is 6.92 Å². The fourth-order valence-corrected chi connectivity index (χ4v) is 2.39. The van der Waals surface area contributed by atoms with E-state index in [9.17, 15) is 0 Å². The lowest BCUT2D eigenvalue weighted by Gasteiger charge is -2.32. The summed E-state index contributed by atoms with van der Waals surface area (Å²) in [7, 11) is 4.24. The van der Waals surface area contributed by atoms with Crippen LogP contribution >= 0.6 is 0 Å². The molecule has 1 aliphatic carbocycles. The molecule has 0 amide bonds. The average molecular weight is 223 g/mol. The van der Waals surface area contributed by atoms with E-state index in [1.807, 2.05) is 0 Å². The highest BCUT2D eigenvalue weighted by Gasteiger charge is 2.43. The summed E-state index contributed by atoms with van der Waals surface area (Å²) in [6, 6.07) is 2.92. The van der Waals surface area contributed by atoms with E-state index in [1.54, 1.807) is 0 Å². The Balaban J connectivity index is 2.46. The number of nitriles is 1. The van der Waals surface area contributed by atoms with Crippen LogP contribution in [0.25, 0.3) is 0 Å². The third-order valence-corrected chi connectivity index (χ3v) is 3.61. The molecule has 1 fully saturated rings. The second-order valence-electron chi connectivity index (χ2n) is 5.51. The molecule has 0 saturated heterocycles. The van der Waals surface area contributed by atoms with Gasteiger partial charge in [0, 0.05) is 25.6 Å². The van der Waals surface area contributed by atoms with Crippen molar-refractivity contribution in [2.75, 3.05) is 33.7 Å². The molecule has 0 aromatic heterocycles. The molecule has 0 bridgehead atoms. The molecule has 0 spiro atoms. The maximum atomic E-state index is 8.83. The van der Waals surface area contributed by atoms with Crippen molar-refractivity contribution in [3.05, 3.63) is 0 Å². The van der Waals surface area contributed by atoms with Gasteiger partial charge in [-0.05, 0) is 45.8 Å². The molecule has 0 N–H and O–H groups in total. The maximum Gasteiger partial charge on any atom is 0.0628 e. The van der Waals surface area contributed by atoms with Crippen molar-refractivity contribution in [2.24, 2.45) is 5.41 Å². The minimum Gasteiger partial charge on any atom is -0.308 e. The van der Waals surface area contributed by atoms with Crippen LogP contribution in [0.5, 0.6) is 0 Å². The molecule has 3 heteroatoms. The van der Waals surface area contributed by atoms with Crippen LogP contribution in [0, 0.1) is 16.7 Å². The molecule has 0 aliphatic heterocycles. The molecule has 1 saturated carbocycles. The van der Waals surface area contributed by atoms with E-state index in [1.165, 1.54) is 12.8 Å². The van der Waals surface area contributed by atoms with Crippen LogP contribution < -0.4 is 0 Å². The van der Waals surface area contributed by atoms with Crippen molar-refractivity contribution in [1.29, 1.82) is 5.26 Å². The number of rotatable bonds is 7. The van der Waals surface area contributed by atoms with Crippen LogP contribution in [0.2, 0.25) is 0 Å². The fraction of sp³-hybridized carbons (Fsp3) is 0.923. The van der Waals surface area contributed by atoms with Crippen LogP contribution in [0.1, 0.15) is 33.1 Å². The zero-order valence-corrected chi connectivity index (χ0v) is 11.2. The minimum atomic E-state index is 0.339. The van der Waals surface area contributed by atoms with E-state index >= 15 is 0 Å². The quantitative estimate of drug-likeness (QED) is 0.661. The lowest BCUT2D eigenvalue weighted by molar-refractivity contribution is 0.150. The summed E-state index contributed by atoms with van der Waals surface area (Å²) >= 11 is 0. The summed E-state index contributed by atoms with van der Waals surface area (Å²) in [5, 5.41) is 8.83. The van der Waals surface area contributed by atoms with E-state index in [0.29, 0.717) is 11.5 Å². The summed E-state index contributed by atoms with van der Waals surface area (Å²) in [5.41, 5.74) is 0.339. The topological polar surface area (TPSA) is 30.3 Å². The summed E-state index contributed by atoms with van der Waals surface area (Å²) < 4.78 is 0. The lowest BCUT2D eigenvalue weighted by Crippen LogP contribution is -2.42. The molecule has 1 atom stereocenters. The molecule has 92 valence electrons. The standard InChI is InChI=1S/C13H25N3/c1-5-16(12(2)10-15(3)4)11-13(6-7-13)8-9-14/h12H,5-8,10-11H2,1-4H3. The van der Waals surface area contributed by atoms with Gasteiger partial charge < -0.3 is 4.90 Å². The van der Waals surface area contributed by atoms with Gasteiger partial charge in [-0.15, -0.1) is 0 Å². The van der Waals surface area contributed by atoms with Gasteiger partial charge >= 0.3 is 0 Å². The van der Waals surface area contributed by atoms with Crippen molar-refractivity contribution in [1.82, 2.24) is 9.80 Å². The van der Waals surface area contributed by atoms with Crippen molar-refractivity contribution in [2.45, 2.75) is 39.2 Å². The van der Waals surface area contributed by atoms with Crippen LogP contribution in [0.15, 0.2) is 0 Å². The summed E-state index contributed by atoms with van der Waals surface area (Å²) in [6.07, 6.45) is 3.22. The summed E-state index contributed by atoms with van der Waals surface area (Å²) in [5.74, 6) is 0. The summed E-state index contributed by atoms with van der Waals surface area (Å²) in [4.78, 5) is 4.75. The number of hydrogen-bond donors (Lipinski definition) is 0. The second-order valence-corrected chi connectivity index (χ2v) is 5.51. The first-order chi connectivity index (χ1) is 7.53. The third-order valence-electron chi connectivity index (χ3n) is 3.61. The van der Waals surface area contributed by atoms with Gasteiger partial charge in [0.05, 0.1) is 6.07 Å². The zero-order chi connectivity index (χ0) is 12.2. The predicted octanol–water partition coefficient (Wildman–Crippen LogP) is 1.95. The average Bonchev–Trinajstić information content (AvgIpc) is 2.94. The largest absolute Gasteiger partial charge is 0.308 e. The first kappa shape index (κ1) is 13.5. The highest BCUT2D eigenvalue weighted by Crippen LogP contribution is 2.49. The Morgan fingerprint density at radius 3 is 2.38 bits per heavy atom. The molecule has 1 aliphatic rings. The third kappa shape index (κ3) is 3.77. The smallest absolute Gasteiger partial charge is 0.0628 e. The van der Waals surface area contributed by atoms with Crippen molar-refractivity contribution < 1.29 is 0 Å². The normalized spacial score (nSPS) is 19.8. The Labute approximate surface area is 100 Å². The molecule has 0 heterocycles. The van der Waals surface area contributed by atoms with E-state index in [2.05, 4.69) is 43.8 Å². The predicted molar refractivity (Wildman–Crippen MR) is 67.2 cm³/mol. The van der Waals surface area contributed by atoms with Gasteiger partial charge in [0.2, 0.25) is 0 Å². The van der Waals surface area contributed by atoms with Gasteiger partial charge in [0.15, 0.2) is 0 Å². The highest BCUT2D eigenvalue weighted by atomic mass is 15.2. The molecule has 0 aromatic carbocycles. The number of hydrogen-bond acceptors (Lipinski definition) is 3. The van der Waals surface area contributed by atoms with Crippen molar-refractivity contribution in [3.8, 4) is 6.07 Å². The molecular weight excluding hydrogens is 198 g/mol. The fourth-order valence-electron chi connectivity index (χ4n) is 2.39. The van der Waals surface area contributed by atoms with Crippen LogP contribution in [-0.4, -0.2) is 49.6 Å². The minimum absolute atomic E-state index is 0.339. The monoisotopic (exact) mass is 223 g/mol. The molecule has 3 nitrogen and oxygen atoms in total.